The number of benzene rings is 2. The van der Waals surface area contributed by atoms with Crippen LogP contribution in [0.1, 0.15) is 46.1 Å². The number of carbonyl (C=O) groups excluding carboxylic acids is 2. The number of hydrogen-bond acceptors (Lipinski definition) is 4. The molecular formula is C28H29N3O3. The quantitative estimate of drug-likeness (QED) is 0.637. The molecule has 6 heteroatoms. The largest absolute Gasteiger partial charge is 0.378 e. The number of amides is 2. The van der Waals surface area contributed by atoms with E-state index in [0.29, 0.717) is 25.2 Å². The monoisotopic (exact) mass is 455 g/mol. The van der Waals surface area contributed by atoms with Crippen LogP contribution < -0.4 is 5.32 Å². The Morgan fingerprint density at radius 1 is 1.00 bits per heavy atom. The summed E-state index contributed by atoms with van der Waals surface area (Å²) in [6.07, 6.45) is 3.32. The van der Waals surface area contributed by atoms with E-state index in [4.69, 9.17) is 4.74 Å². The second-order valence-corrected chi connectivity index (χ2v) is 9.11. The summed E-state index contributed by atoms with van der Waals surface area (Å²) in [4.78, 5) is 32.0. The van der Waals surface area contributed by atoms with Crippen molar-refractivity contribution in [2.24, 2.45) is 0 Å². The van der Waals surface area contributed by atoms with Gasteiger partial charge in [0.15, 0.2) is 0 Å². The van der Waals surface area contributed by atoms with Crippen molar-refractivity contribution in [3.05, 3.63) is 101 Å². The van der Waals surface area contributed by atoms with E-state index >= 15 is 0 Å². The number of fused-ring (bicyclic) bond motifs is 2. The molecule has 2 aliphatic rings. The Bertz CT molecular complexity index is 1160. The summed E-state index contributed by atoms with van der Waals surface area (Å²) in [7, 11) is 1.72. The number of hydrogen-bond donors (Lipinski definition) is 1. The molecule has 1 spiro atoms. The van der Waals surface area contributed by atoms with Gasteiger partial charge >= 0.3 is 0 Å². The highest BCUT2D eigenvalue weighted by molar-refractivity contribution is 5.92. The van der Waals surface area contributed by atoms with Gasteiger partial charge in [-0.25, -0.2) is 0 Å². The predicted octanol–water partition coefficient (Wildman–Crippen LogP) is 3.68. The molecule has 1 saturated heterocycles. The van der Waals surface area contributed by atoms with E-state index in [9.17, 15) is 9.59 Å². The minimum Gasteiger partial charge on any atom is -0.378 e. The number of ether oxygens (including phenoxy) is 1. The molecule has 2 heterocycles. The molecule has 2 aromatic carbocycles. The molecule has 1 fully saturated rings. The molecule has 1 N–H and O–H groups in total. The smallest absolute Gasteiger partial charge is 0.272 e. The van der Waals surface area contributed by atoms with Crippen molar-refractivity contribution >= 4 is 11.8 Å². The molecule has 6 nitrogen and oxygen atoms in total. The highest BCUT2D eigenvalue weighted by Crippen LogP contribution is 2.52. The van der Waals surface area contributed by atoms with E-state index < -0.39 is 0 Å². The van der Waals surface area contributed by atoms with Gasteiger partial charge in [-0.05, 0) is 41.7 Å². The summed E-state index contributed by atoms with van der Waals surface area (Å²) in [5.41, 5.74) is 3.53. The molecule has 34 heavy (non-hydrogen) atoms. The molecule has 174 valence electrons. The van der Waals surface area contributed by atoms with Crippen LogP contribution in [0.3, 0.4) is 0 Å². The van der Waals surface area contributed by atoms with Crippen LogP contribution in [-0.2, 0) is 21.4 Å². The Morgan fingerprint density at radius 2 is 1.71 bits per heavy atom. The molecule has 1 aromatic heterocycles. The van der Waals surface area contributed by atoms with Gasteiger partial charge in [0, 0.05) is 31.8 Å². The second kappa shape index (κ2) is 9.39. The standard InChI is InChI=1S/C28H29N3O3/c1-34-26-25(30-24(32)19-20-9-3-2-4-10-20)21-11-5-6-12-22(21)28(26)14-17-31(18-15-28)27(33)23-13-7-8-16-29-23/h2-13,16,25-26H,14-15,17-19H2,1H3,(H,30,32)/t25-,26+/m0/s1. The van der Waals surface area contributed by atoms with Crippen molar-refractivity contribution in [3.63, 3.8) is 0 Å². The highest BCUT2D eigenvalue weighted by atomic mass is 16.5. The fraction of sp³-hybridized carbons (Fsp3) is 0.321. The van der Waals surface area contributed by atoms with Gasteiger partial charge in [-0.15, -0.1) is 0 Å². The molecule has 3 aromatic rings. The molecule has 0 saturated carbocycles. The van der Waals surface area contributed by atoms with Gasteiger partial charge in [0.2, 0.25) is 5.91 Å². The lowest BCUT2D eigenvalue weighted by atomic mass is 9.71. The van der Waals surface area contributed by atoms with Crippen LogP contribution in [0.2, 0.25) is 0 Å². The lowest BCUT2D eigenvalue weighted by Crippen LogP contribution is -2.51. The molecule has 2 amide bonds. The van der Waals surface area contributed by atoms with Gasteiger partial charge in [0.25, 0.3) is 5.91 Å². The van der Waals surface area contributed by atoms with Gasteiger partial charge < -0.3 is 15.0 Å². The number of methoxy groups -OCH3 is 1. The minimum atomic E-state index is -0.253. The van der Waals surface area contributed by atoms with Gasteiger partial charge in [0.1, 0.15) is 5.69 Å². The van der Waals surface area contributed by atoms with Crippen LogP contribution in [0.25, 0.3) is 0 Å². The van der Waals surface area contributed by atoms with E-state index in [1.807, 2.05) is 59.5 Å². The van der Waals surface area contributed by atoms with Gasteiger partial charge in [0.05, 0.1) is 18.6 Å². The van der Waals surface area contributed by atoms with E-state index in [0.717, 1.165) is 24.0 Å². The third kappa shape index (κ3) is 3.99. The van der Waals surface area contributed by atoms with Crippen LogP contribution in [0.15, 0.2) is 79.0 Å². The van der Waals surface area contributed by atoms with Crippen molar-refractivity contribution in [1.29, 1.82) is 0 Å². The maximum absolute atomic E-state index is 13.0. The van der Waals surface area contributed by atoms with Crippen molar-refractivity contribution < 1.29 is 14.3 Å². The summed E-state index contributed by atoms with van der Waals surface area (Å²) in [6.45, 7) is 1.24. The normalized spacial score (nSPS) is 20.7. The van der Waals surface area contributed by atoms with Gasteiger partial charge in [-0.2, -0.15) is 0 Å². The van der Waals surface area contributed by atoms with Crippen molar-refractivity contribution in [2.75, 3.05) is 20.2 Å². The average molecular weight is 456 g/mol. The zero-order chi connectivity index (χ0) is 23.5. The molecule has 0 unspecified atom stereocenters. The Balaban J connectivity index is 1.37. The zero-order valence-electron chi connectivity index (χ0n) is 19.3. The molecule has 0 bridgehead atoms. The minimum absolute atomic E-state index is 0.0205. The SMILES string of the molecule is CO[C@@H]1[C@@H](NC(=O)Cc2ccccc2)c2ccccc2C12CCN(C(=O)c1ccccn1)CC2. The van der Waals surface area contributed by atoms with E-state index in [1.165, 1.54) is 5.56 Å². The van der Waals surface area contributed by atoms with E-state index in [1.54, 1.807) is 19.4 Å². The topological polar surface area (TPSA) is 71.5 Å². The first-order valence-corrected chi connectivity index (χ1v) is 11.8. The fourth-order valence-electron chi connectivity index (χ4n) is 5.69. The molecule has 0 radical (unpaired) electrons. The van der Waals surface area contributed by atoms with Crippen molar-refractivity contribution in [1.82, 2.24) is 15.2 Å². The van der Waals surface area contributed by atoms with E-state index in [2.05, 4.69) is 22.4 Å². The van der Waals surface area contributed by atoms with Gasteiger partial charge in [-0.1, -0.05) is 60.7 Å². The predicted molar refractivity (Wildman–Crippen MR) is 129 cm³/mol. The average Bonchev–Trinajstić information content (AvgIpc) is 3.13. The molecular weight excluding hydrogens is 426 g/mol. The molecule has 1 aliphatic carbocycles. The third-order valence-corrected chi connectivity index (χ3v) is 7.28. The van der Waals surface area contributed by atoms with Crippen molar-refractivity contribution in [2.45, 2.75) is 36.8 Å². The number of nitrogens with zero attached hydrogens (tertiary/aromatic N) is 2. The Labute approximate surface area is 200 Å². The summed E-state index contributed by atoms with van der Waals surface area (Å²) < 4.78 is 6.10. The second-order valence-electron chi connectivity index (χ2n) is 9.11. The van der Waals surface area contributed by atoms with Gasteiger partial charge in [-0.3, -0.25) is 14.6 Å². The number of nitrogens with one attached hydrogen (secondary N) is 1. The number of rotatable bonds is 5. The van der Waals surface area contributed by atoms with Crippen LogP contribution in [0.5, 0.6) is 0 Å². The van der Waals surface area contributed by atoms with E-state index in [-0.39, 0.29) is 29.4 Å². The van der Waals surface area contributed by atoms with Crippen LogP contribution in [-0.4, -0.2) is 48.0 Å². The van der Waals surface area contributed by atoms with Crippen LogP contribution >= 0.6 is 0 Å². The summed E-state index contributed by atoms with van der Waals surface area (Å²) in [5.74, 6) is -0.0590. The summed E-state index contributed by atoms with van der Waals surface area (Å²) >= 11 is 0. The number of likely N-dealkylation sites (tertiary alicyclic amines) is 1. The number of pyridine rings is 1. The highest BCUT2D eigenvalue weighted by Gasteiger charge is 2.54. The molecule has 1 aliphatic heterocycles. The number of aromatic nitrogens is 1. The lowest BCUT2D eigenvalue weighted by Gasteiger charge is -2.44. The Hall–Kier alpha value is -3.51. The first-order valence-electron chi connectivity index (χ1n) is 11.8. The lowest BCUT2D eigenvalue weighted by molar-refractivity contribution is -0.122. The van der Waals surface area contributed by atoms with Crippen LogP contribution in [0, 0.1) is 0 Å². The summed E-state index contributed by atoms with van der Waals surface area (Å²) in [6, 6.07) is 23.3. The zero-order valence-corrected chi connectivity index (χ0v) is 19.3. The maximum atomic E-state index is 13.0. The van der Waals surface area contributed by atoms with Crippen LogP contribution in [0.4, 0.5) is 0 Å². The summed E-state index contributed by atoms with van der Waals surface area (Å²) in [5, 5.41) is 3.26. The molecule has 5 rings (SSSR count). The Morgan fingerprint density at radius 3 is 2.41 bits per heavy atom. The number of piperidine rings is 1. The molecule has 2 atom stereocenters. The first-order chi connectivity index (χ1) is 16.6. The third-order valence-electron chi connectivity index (χ3n) is 7.28. The fourth-order valence-corrected chi connectivity index (χ4v) is 5.69. The Kier molecular flexibility index (Phi) is 6.16. The van der Waals surface area contributed by atoms with Crippen molar-refractivity contribution in [3.8, 4) is 0 Å². The first kappa shape index (κ1) is 22.3. The number of carbonyl (C=O) groups is 2. The maximum Gasteiger partial charge on any atom is 0.272 e.